The normalized spacial score (nSPS) is 12.9. The van der Waals surface area contributed by atoms with Crippen LogP contribution < -0.4 is 10.6 Å². The van der Waals surface area contributed by atoms with E-state index in [2.05, 4.69) is 25.6 Å². The van der Waals surface area contributed by atoms with Crippen molar-refractivity contribution in [1.29, 1.82) is 0 Å². The molecule has 0 unspecified atom stereocenters. The Morgan fingerprint density at radius 1 is 1.00 bits per heavy atom. The highest BCUT2D eigenvalue weighted by molar-refractivity contribution is 5.93. The summed E-state index contributed by atoms with van der Waals surface area (Å²) < 4.78 is 10.1. The van der Waals surface area contributed by atoms with Crippen molar-refractivity contribution < 1.29 is 29.0 Å². The Hall–Kier alpha value is -5.00. The van der Waals surface area contributed by atoms with Crippen molar-refractivity contribution in [3.8, 4) is 11.1 Å². The van der Waals surface area contributed by atoms with Crippen molar-refractivity contribution in [2.45, 2.75) is 31.2 Å². The lowest BCUT2D eigenvalue weighted by Gasteiger charge is -2.17. The molecule has 1 amide bonds. The first kappa shape index (κ1) is 25.6. The maximum Gasteiger partial charge on any atom is 0.407 e. The largest absolute Gasteiger partial charge is 0.480 e. The Bertz CT molecular complexity index is 1490. The number of carboxylic acids is 1. The van der Waals surface area contributed by atoms with Gasteiger partial charge in [0.25, 0.3) is 0 Å². The number of aromatic nitrogens is 2. The molecule has 12 nitrogen and oxygen atoms in total. The van der Waals surface area contributed by atoms with E-state index < -0.39 is 23.0 Å². The monoisotopic (exact) mass is 531 g/mol. The molecule has 39 heavy (non-hydrogen) atoms. The van der Waals surface area contributed by atoms with Crippen LogP contribution in [0.25, 0.3) is 22.2 Å². The molecule has 200 valence electrons. The number of anilines is 1. The molecular formula is C27H25N5O7. The molecule has 0 spiro atoms. The number of nitrogens with one attached hydrogen (secondary N) is 2. The number of carboxylic acid groups (broad SMARTS) is 1. The number of amides is 1. The number of aliphatic carboxylic acids is 1. The minimum absolute atomic E-state index is 0.0447. The quantitative estimate of drug-likeness (QED) is 0.140. The van der Waals surface area contributed by atoms with Crippen LogP contribution >= 0.6 is 0 Å². The Balaban J connectivity index is 1.11. The van der Waals surface area contributed by atoms with Crippen molar-refractivity contribution in [2.24, 2.45) is 0 Å². The summed E-state index contributed by atoms with van der Waals surface area (Å²) in [7, 11) is 0. The smallest absolute Gasteiger partial charge is 0.407 e. The number of nitrogens with zero attached hydrogens (tertiary/aromatic N) is 3. The average Bonchev–Trinajstić information content (AvgIpc) is 3.54. The van der Waals surface area contributed by atoms with Crippen LogP contribution in [0.5, 0.6) is 0 Å². The average molecular weight is 532 g/mol. The van der Waals surface area contributed by atoms with E-state index in [1.165, 1.54) is 12.1 Å². The molecule has 0 saturated heterocycles. The Kier molecular flexibility index (Phi) is 7.34. The van der Waals surface area contributed by atoms with Crippen LogP contribution in [0.1, 0.15) is 36.3 Å². The van der Waals surface area contributed by atoms with Gasteiger partial charge >= 0.3 is 17.7 Å². The van der Waals surface area contributed by atoms with Gasteiger partial charge in [-0.15, -0.1) is 0 Å². The number of rotatable bonds is 11. The minimum atomic E-state index is -1.15. The first-order chi connectivity index (χ1) is 18.9. The lowest BCUT2D eigenvalue weighted by atomic mass is 9.98. The van der Waals surface area contributed by atoms with Crippen molar-refractivity contribution in [3.63, 3.8) is 0 Å². The Morgan fingerprint density at radius 3 is 2.33 bits per heavy atom. The number of carbonyl (C=O) groups is 2. The molecule has 3 N–H and O–H groups in total. The second-order valence-corrected chi connectivity index (χ2v) is 9.13. The van der Waals surface area contributed by atoms with Gasteiger partial charge in [0, 0.05) is 18.5 Å². The van der Waals surface area contributed by atoms with E-state index in [9.17, 15) is 24.8 Å². The Morgan fingerprint density at radius 2 is 1.67 bits per heavy atom. The standard InChI is InChI=1S/C27H25N5O7/c33-26(34)22(11-5-6-14-28-21-12-13-23(32(36)37)25-24(21)30-39-31-25)29-27(35)38-15-20-18-9-3-1-7-16(18)17-8-2-4-10-19(17)20/h1-4,7-10,12-13,20,22,28H,5-6,11,14-15H2,(H,29,35)(H,33,34)/t22-/m0/s1. The number of non-ortho nitro benzene ring substituents is 1. The minimum Gasteiger partial charge on any atom is -0.480 e. The predicted octanol–water partition coefficient (Wildman–Crippen LogP) is 4.71. The fraction of sp³-hybridized carbons (Fsp3) is 0.259. The van der Waals surface area contributed by atoms with Gasteiger partial charge in [-0.05, 0) is 57.9 Å². The summed E-state index contributed by atoms with van der Waals surface area (Å²) in [5.41, 5.74) is 4.94. The van der Waals surface area contributed by atoms with Gasteiger partial charge in [-0.2, -0.15) is 0 Å². The summed E-state index contributed by atoms with van der Waals surface area (Å²) in [6.07, 6.45) is 0.470. The predicted molar refractivity (Wildman–Crippen MR) is 140 cm³/mol. The van der Waals surface area contributed by atoms with Gasteiger partial charge in [-0.25, -0.2) is 14.2 Å². The fourth-order valence-corrected chi connectivity index (χ4v) is 4.88. The van der Waals surface area contributed by atoms with Crippen LogP contribution in [0.2, 0.25) is 0 Å². The summed E-state index contributed by atoms with van der Waals surface area (Å²) in [4.78, 5) is 34.8. The molecule has 0 fully saturated rings. The van der Waals surface area contributed by atoms with Gasteiger partial charge in [0.2, 0.25) is 5.52 Å². The van der Waals surface area contributed by atoms with E-state index in [1.807, 2.05) is 48.5 Å². The van der Waals surface area contributed by atoms with Gasteiger partial charge < -0.3 is 20.5 Å². The third-order valence-corrected chi connectivity index (χ3v) is 6.76. The molecule has 5 rings (SSSR count). The summed E-state index contributed by atoms with van der Waals surface area (Å²) in [6.45, 7) is 0.536. The topological polar surface area (TPSA) is 170 Å². The zero-order valence-corrected chi connectivity index (χ0v) is 20.7. The zero-order valence-electron chi connectivity index (χ0n) is 20.7. The SMILES string of the molecule is O=C(N[C@@H](CCCCNc1ccc([N+](=O)[O-])c2nonc12)C(=O)O)OCC1c2ccccc2-c2ccccc21. The first-order valence-corrected chi connectivity index (χ1v) is 12.4. The van der Waals surface area contributed by atoms with Crippen LogP contribution in [0.4, 0.5) is 16.2 Å². The second kappa shape index (κ2) is 11.2. The number of benzene rings is 3. The Labute approximate surface area is 222 Å². The van der Waals surface area contributed by atoms with E-state index in [-0.39, 0.29) is 35.7 Å². The number of ether oxygens (including phenoxy) is 1. The number of nitro groups is 1. The van der Waals surface area contributed by atoms with E-state index in [0.29, 0.717) is 25.1 Å². The molecule has 1 heterocycles. The van der Waals surface area contributed by atoms with Crippen molar-refractivity contribution in [2.75, 3.05) is 18.5 Å². The summed E-state index contributed by atoms with van der Waals surface area (Å²) in [5, 5.41) is 33.6. The van der Waals surface area contributed by atoms with Crippen molar-refractivity contribution in [1.82, 2.24) is 15.6 Å². The molecule has 1 aromatic heterocycles. The molecule has 0 radical (unpaired) electrons. The number of hydrogen-bond acceptors (Lipinski definition) is 9. The third-order valence-electron chi connectivity index (χ3n) is 6.76. The highest BCUT2D eigenvalue weighted by atomic mass is 16.6. The van der Waals surface area contributed by atoms with Gasteiger partial charge in [0.1, 0.15) is 12.6 Å². The van der Waals surface area contributed by atoms with E-state index in [1.54, 1.807) is 0 Å². The van der Waals surface area contributed by atoms with Crippen LogP contribution in [0.3, 0.4) is 0 Å². The van der Waals surface area contributed by atoms with Crippen LogP contribution in [0, 0.1) is 10.1 Å². The van der Waals surface area contributed by atoms with Crippen LogP contribution in [0.15, 0.2) is 65.3 Å². The maximum atomic E-state index is 12.5. The molecule has 0 saturated carbocycles. The van der Waals surface area contributed by atoms with Crippen LogP contribution in [-0.4, -0.2) is 51.6 Å². The van der Waals surface area contributed by atoms with Gasteiger partial charge in [0.05, 0.1) is 10.6 Å². The molecule has 0 aliphatic heterocycles. The van der Waals surface area contributed by atoms with E-state index >= 15 is 0 Å². The maximum absolute atomic E-state index is 12.5. The lowest BCUT2D eigenvalue weighted by Crippen LogP contribution is -2.41. The van der Waals surface area contributed by atoms with Gasteiger partial charge in [0.15, 0.2) is 5.52 Å². The highest BCUT2D eigenvalue weighted by Gasteiger charge is 2.29. The summed E-state index contributed by atoms with van der Waals surface area (Å²) in [6, 6.07) is 17.6. The number of fused-ring (bicyclic) bond motifs is 4. The number of alkyl carbamates (subject to hydrolysis) is 1. The molecule has 4 aromatic rings. The first-order valence-electron chi connectivity index (χ1n) is 12.4. The second-order valence-electron chi connectivity index (χ2n) is 9.13. The van der Waals surface area contributed by atoms with Gasteiger partial charge in [-0.3, -0.25) is 10.1 Å². The van der Waals surface area contributed by atoms with E-state index in [4.69, 9.17) is 4.74 Å². The molecule has 1 atom stereocenters. The van der Waals surface area contributed by atoms with Crippen molar-refractivity contribution >= 4 is 34.5 Å². The zero-order chi connectivity index (χ0) is 27.4. The van der Waals surface area contributed by atoms with Crippen LogP contribution in [-0.2, 0) is 9.53 Å². The molecule has 1 aliphatic carbocycles. The molecule has 12 heteroatoms. The van der Waals surface area contributed by atoms with Gasteiger partial charge in [-0.1, -0.05) is 48.5 Å². The number of nitro benzene ring substituents is 1. The summed E-state index contributed by atoms with van der Waals surface area (Å²) >= 11 is 0. The molecule has 1 aliphatic rings. The molecule has 3 aromatic carbocycles. The number of carbonyl (C=O) groups excluding carboxylic acids is 1. The summed E-state index contributed by atoms with van der Waals surface area (Å²) in [5.74, 6) is -1.27. The number of unbranched alkanes of at least 4 members (excludes halogenated alkanes) is 1. The highest BCUT2D eigenvalue weighted by Crippen LogP contribution is 2.44. The lowest BCUT2D eigenvalue weighted by molar-refractivity contribution is -0.383. The fourth-order valence-electron chi connectivity index (χ4n) is 4.88. The number of hydrogen-bond donors (Lipinski definition) is 3. The third kappa shape index (κ3) is 5.35. The van der Waals surface area contributed by atoms with E-state index in [0.717, 1.165) is 22.3 Å². The molecule has 0 bridgehead atoms. The van der Waals surface area contributed by atoms with Crippen molar-refractivity contribution in [3.05, 3.63) is 81.9 Å². The molecular weight excluding hydrogens is 506 g/mol.